The number of aliphatic hydroxyl groups is 2. The van der Waals surface area contributed by atoms with Crippen LogP contribution >= 0.6 is 0 Å². The zero-order chi connectivity index (χ0) is 15.9. The number of hydrogen-bond donors (Lipinski definition) is 2. The zero-order valence-electron chi connectivity index (χ0n) is 13.0. The van der Waals surface area contributed by atoms with Gasteiger partial charge in [-0.15, -0.1) is 5.06 Å². The van der Waals surface area contributed by atoms with Crippen LogP contribution in [0.15, 0.2) is 60.7 Å². The van der Waals surface area contributed by atoms with Crippen molar-refractivity contribution in [2.24, 2.45) is 0 Å². The van der Waals surface area contributed by atoms with Crippen LogP contribution in [-0.2, 0) is 0 Å². The minimum absolute atomic E-state index is 0.00396. The largest absolute Gasteiger partial charge is 0.405 e. The molecule has 2 unspecified atom stereocenters. The van der Waals surface area contributed by atoms with Crippen molar-refractivity contribution in [1.29, 1.82) is 0 Å². The summed E-state index contributed by atoms with van der Waals surface area (Å²) in [6.45, 7) is 3.72. The van der Waals surface area contributed by atoms with Gasteiger partial charge in [-0.2, -0.15) is 0 Å². The van der Waals surface area contributed by atoms with E-state index in [-0.39, 0.29) is 12.6 Å². The highest BCUT2D eigenvalue weighted by atomic mass is 16.7. The molecular formula is C18H23NO3. The second-order valence-corrected chi connectivity index (χ2v) is 5.46. The van der Waals surface area contributed by atoms with Crippen molar-refractivity contribution < 1.29 is 15.1 Å². The molecule has 2 aromatic rings. The summed E-state index contributed by atoms with van der Waals surface area (Å²) >= 11 is 0. The van der Waals surface area contributed by atoms with Crippen LogP contribution in [0.2, 0.25) is 0 Å². The number of benzene rings is 2. The molecule has 0 aromatic heterocycles. The Bertz CT molecular complexity index is 545. The van der Waals surface area contributed by atoms with Crippen LogP contribution in [0.3, 0.4) is 0 Å². The van der Waals surface area contributed by atoms with Crippen LogP contribution in [0.4, 0.5) is 0 Å². The molecule has 0 fully saturated rings. The van der Waals surface area contributed by atoms with Crippen molar-refractivity contribution in [2.75, 3.05) is 6.61 Å². The van der Waals surface area contributed by atoms with E-state index in [1.807, 2.05) is 74.5 Å². The van der Waals surface area contributed by atoms with Crippen LogP contribution in [-0.4, -0.2) is 34.0 Å². The summed E-state index contributed by atoms with van der Waals surface area (Å²) in [6.07, 6.45) is -0.836. The maximum atomic E-state index is 10.6. The Hall–Kier alpha value is -1.88. The highest BCUT2D eigenvalue weighted by Gasteiger charge is 2.30. The van der Waals surface area contributed by atoms with E-state index in [1.54, 1.807) is 5.06 Å². The minimum atomic E-state index is -0.836. The molecule has 0 saturated carbocycles. The Morgan fingerprint density at radius 1 is 0.955 bits per heavy atom. The van der Waals surface area contributed by atoms with E-state index in [0.717, 1.165) is 5.56 Å². The summed E-state index contributed by atoms with van der Waals surface area (Å²) in [5.74, 6) is 0.676. The van der Waals surface area contributed by atoms with Gasteiger partial charge in [-0.05, 0) is 31.5 Å². The first-order chi connectivity index (χ1) is 10.6. The number of nitrogens with zero attached hydrogens (tertiary/aromatic N) is 1. The van der Waals surface area contributed by atoms with Crippen LogP contribution in [0.25, 0.3) is 0 Å². The minimum Gasteiger partial charge on any atom is -0.405 e. The monoisotopic (exact) mass is 301 g/mol. The first kappa shape index (κ1) is 16.5. The van der Waals surface area contributed by atoms with Gasteiger partial charge in [0.15, 0.2) is 0 Å². The number of rotatable bonds is 7. The lowest BCUT2D eigenvalue weighted by Crippen LogP contribution is -2.48. The normalized spacial score (nSPS) is 14.1. The maximum absolute atomic E-state index is 10.6. The molecule has 0 heterocycles. The summed E-state index contributed by atoms with van der Waals surface area (Å²) < 4.78 is 0. The summed E-state index contributed by atoms with van der Waals surface area (Å²) in [7, 11) is 0. The number of para-hydroxylation sites is 1. The van der Waals surface area contributed by atoms with Crippen LogP contribution in [0.1, 0.15) is 25.5 Å². The van der Waals surface area contributed by atoms with Crippen molar-refractivity contribution in [3.8, 4) is 5.75 Å². The SMILES string of the molecule is CC(C)N(Oc1ccccc1)C(CO)C(O)c1ccccc1. The van der Waals surface area contributed by atoms with Gasteiger partial charge in [-0.25, -0.2) is 0 Å². The smallest absolute Gasteiger partial charge is 0.147 e. The maximum Gasteiger partial charge on any atom is 0.147 e. The van der Waals surface area contributed by atoms with Gasteiger partial charge < -0.3 is 15.1 Å². The molecule has 0 bridgehead atoms. The van der Waals surface area contributed by atoms with Gasteiger partial charge in [0.05, 0.1) is 12.6 Å². The molecule has 4 heteroatoms. The third kappa shape index (κ3) is 4.07. The first-order valence-corrected chi connectivity index (χ1v) is 7.48. The second kappa shape index (κ2) is 7.94. The van der Waals surface area contributed by atoms with Gasteiger partial charge in [0.25, 0.3) is 0 Å². The summed E-state index contributed by atoms with van der Waals surface area (Å²) in [5.41, 5.74) is 0.754. The van der Waals surface area contributed by atoms with Crippen LogP contribution in [0.5, 0.6) is 5.75 Å². The van der Waals surface area contributed by atoms with Gasteiger partial charge >= 0.3 is 0 Å². The lowest BCUT2D eigenvalue weighted by molar-refractivity contribution is -0.162. The molecule has 0 spiro atoms. The highest BCUT2D eigenvalue weighted by Crippen LogP contribution is 2.24. The average molecular weight is 301 g/mol. The first-order valence-electron chi connectivity index (χ1n) is 7.48. The number of hydrogen-bond acceptors (Lipinski definition) is 4. The Morgan fingerprint density at radius 3 is 2.00 bits per heavy atom. The lowest BCUT2D eigenvalue weighted by Gasteiger charge is -2.35. The predicted molar refractivity (Wildman–Crippen MR) is 86.3 cm³/mol. The lowest BCUT2D eigenvalue weighted by atomic mass is 10.0. The van der Waals surface area contributed by atoms with Gasteiger partial charge in [-0.1, -0.05) is 48.5 Å². The van der Waals surface area contributed by atoms with Gasteiger partial charge in [0.1, 0.15) is 11.9 Å². The van der Waals surface area contributed by atoms with Crippen molar-refractivity contribution >= 4 is 0 Å². The molecule has 2 rings (SSSR count). The molecule has 2 N–H and O–H groups in total. The Kier molecular flexibility index (Phi) is 5.95. The predicted octanol–water partition coefficient (Wildman–Crippen LogP) is 2.79. The quantitative estimate of drug-likeness (QED) is 0.772. The third-order valence-corrected chi connectivity index (χ3v) is 3.48. The van der Waals surface area contributed by atoms with E-state index in [0.29, 0.717) is 5.75 Å². The zero-order valence-corrected chi connectivity index (χ0v) is 13.0. The number of hydroxylamine groups is 2. The molecule has 2 atom stereocenters. The Balaban J connectivity index is 2.21. The molecule has 0 radical (unpaired) electrons. The molecule has 0 saturated heterocycles. The van der Waals surface area contributed by atoms with Gasteiger partial charge in [0.2, 0.25) is 0 Å². The molecule has 0 aliphatic heterocycles. The Labute approximate surface area is 131 Å². The molecule has 118 valence electrons. The molecule has 2 aromatic carbocycles. The summed E-state index contributed by atoms with van der Waals surface area (Å²) in [6, 6.07) is 18.1. The van der Waals surface area contributed by atoms with Crippen molar-refractivity contribution in [1.82, 2.24) is 5.06 Å². The summed E-state index contributed by atoms with van der Waals surface area (Å²) in [5, 5.41) is 22.0. The van der Waals surface area contributed by atoms with E-state index < -0.39 is 12.1 Å². The van der Waals surface area contributed by atoms with Crippen molar-refractivity contribution in [3.63, 3.8) is 0 Å². The molecular weight excluding hydrogens is 278 g/mol. The topological polar surface area (TPSA) is 52.9 Å². The van der Waals surface area contributed by atoms with E-state index in [1.165, 1.54) is 0 Å². The van der Waals surface area contributed by atoms with Crippen molar-refractivity contribution in [2.45, 2.75) is 32.0 Å². The van der Waals surface area contributed by atoms with Crippen LogP contribution < -0.4 is 4.84 Å². The molecule has 0 aliphatic rings. The van der Waals surface area contributed by atoms with Gasteiger partial charge in [-0.3, -0.25) is 0 Å². The molecule has 0 amide bonds. The van der Waals surface area contributed by atoms with Crippen molar-refractivity contribution in [3.05, 3.63) is 66.2 Å². The fourth-order valence-corrected chi connectivity index (χ4v) is 2.35. The third-order valence-electron chi connectivity index (χ3n) is 3.48. The van der Waals surface area contributed by atoms with E-state index in [9.17, 15) is 10.2 Å². The van der Waals surface area contributed by atoms with E-state index >= 15 is 0 Å². The number of aliphatic hydroxyl groups excluding tert-OH is 2. The highest BCUT2D eigenvalue weighted by molar-refractivity contribution is 5.21. The second-order valence-electron chi connectivity index (χ2n) is 5.46. The molecule has 22 heavy (non-hydrogen) atoms. The average Bonchev–Trinajstić information content (AvgIpc) is 2.56. The molecule has 4 nitrogen and oxygen atoms in total. The fourth-order valence-electron chi connectivity index (χ4n) is 2.35. The summed E-state index contributed by atoms with van der Waals surface area (Å²) in [4.78, 5) is 5.88. The van der Waals surface area contributed by atoms with E-state index in [2.05, 4.69) is 0 Å². The van der Waals surface area contributed by atoms with E-state index in [4.69, 9.17) is 4.84 Å². The molecule has 0 aliphatic carbocycles. The van der Waals surface area contributed by atoms with Gasteiger partial charge in [0, 0.05) is 6.04 Å². The standard InChI is InChI=1S/C18H23NO3/c1-14(2)19(22-16-11-7-4-8-12-16)17(13-20)18(21)15-9-5-3-6-10-15/h3-12,14,17-18,20-21H,13H2,1-2H3. The van der Waals surface area contributed by atoms with Crippen LogP contribution in [0, 0.1) is 0 Å². The fraction of sp³-hybridized carbons (Fsp3) is 0.333. The Morgan fingerprint density at radius 2 is 1.50 bits per heavy atom.